The molecule has 146 valence electrons. The summed E-state index contributed by atoms with van der Waals surface area (Å²) >= 11 is 0. The van der Waals surface area contributed by atoms with Crippen LogP contribution in [0, 0.1) is 17.7 Å². The molecule has 0 aliphatic carbocycles. The normalized spacial score (nSPS) is 11.2. The van der Waals surface area contributed by atoms with Gasteiger partial charge in [0.25, 0.3) is 0 Å². The van der Waals surface area contributed by atoms with E-state index in [1.807, 2.05) is 37.4 Å². The lowest BCUT2D eigenvalue weighted by atomic mass is 10.1. The van der Waals surface area contributed by atoms with E-state index in [9.17, 15) is 0 Å². The molecule has 0 saturated heterocycles. The van der Waals surface area contributed by atoms with Gasteiger partial charge in [-0.25, -0.2) is 4.68 Å². The molecular weight excluding hydrogens is 372 g/mol. The van der Waals surface area contributed by atoms with Crippen LogP contribution in [0.25, 0.3) is 33.1 Å². The van der Waals surface area contributed by atoms with Crippen LogP contribution in [0.4, 0.5) is 0 Å². The maximum atomic E-state index is 8.41. The Bertz CT molecular complexity index is 1440. The molecule has 0 spiro atoms. The summed E-state index contributed by atoms with van der Waals surface area (Å²) in [6.45, 7) is 1.86. The lowest BCUT2D eigenvalue weighted by molar-refractivity contribution is 0.776. The highest BCUT2D eigenvalue weighted by Crippen LogP contribution is 2.26. The van der Waals surface area contributed by atoms with Gasteiger partial charge in [0.2, 0.25) is 0 Å². The predicted octanol–water partition coefficient (Wildman–Crippen LogP) is 4.44. The number of nitrogens with one attached hydrogen (secondary N) is 3. The number of rotatable bonds is 3. The van der Waals surface area contributed by atoms with Crippen molar-refractivity contribution in [1.82, 2.24) is 19.7 Å². The molecule has 0 aliphatic rings. The van der Waals surface area contributed by atoms with Gasteiger partial charge in [0, 0.05) is 40.2 Å². The van der Waals surface area contributed by atoms with Crippen LogP contribution in [-0.4, -0.2) is 25.6 Å². The van der Waals surface area contributed by atoms with Crippen molar-refractivity contribution in [3.8, 4) is 11.3 Å². The van der Waals surface area contributed by atoms with Gasteiger partial charge in [-0.15, -0.1) is 0 Å². The highest BCUT2D eigenvalue weighted by Gasteiger charge is 2.08. The molecule has 0 atom stereocenters. The highest BCUT2D eigenvalue weighted by atomic mass is 15.3. The summed E-state index contributed by atoms with van der Waals surface area (Å²) in [5, 5.41) is 22.9. The number of H-pyrrole nitrogens is 1. The highest BCUT2D eigenvalue weighted by molar-refractivity contribution is 5.90. The molecule has 0 fully saturated rings. The third-order valence-corrected chi connectivity index (χ3v) is 5.18. The van der Waals surface area contributed by atoms with Crippen LogP contribution in [0.1, 0.15) is 11.3 Å². The molecule has 0 bridgehead atoms. The molecule has 2 aromatic carbocycles. The Labute approximate surface area is 172 Å². The number of aromatic amines is 1. The van der Waals surface area contributed by atoms with E-state index in [2.05, 4.69) is 45.4 Å². The zero-order chi connectivity index (χ0) is 20.7. The number of fused-ring (bicyclic) bond motifs is 2. The van der Waals surface area contributed by atoms with E-state index in [0.29, 0.717) is 6.42 Å². The summed E-state index contributed by atoms with van der Waals surface area (Å²) in [6, 6.07) is 21.9. The molecule has 6 nitrogen and oxygen atoms in total. The maximum Gasteiger partial charge on any atom is 0.148 e. The third-order valence-electron chi connectivity index (χ3n) is 5.18. The van der Waals surface area contributed by atoms with Gasteiger partial charge in [-0.05, 0) is 55.0 Å². The fourth-order valence-corrected chi connectivity index (χ4v) is 3.66. The molecule has 5 aromatic rings. The van der Waals surface area contributed by atoms with E-state index < -0.39 is 0 Å². The fourth-order valence-electron chi connectivity index (χ4n) is 3.66. The average molecular weight is 392 g/mol. The molecule has 0 unspecified atom stereocenters. The number of aryl methyl sites for hydroxylation is 1. The summed E-state index contributed by atoms with van der Waals surface area (Å²) in [7, 11) is 0. The largest absolute Gasteiger partial charge is 0.354 e. The monoisotopic (exact) mass is 392 g/mol. The van der Waals surface area contributed by atoms with E-state index in [1.165, 1.54) is 10.1 Å². The van der Waals surface area contributed by atoms with Gasteiger partial charge in [-0.2, -0.15) is 5.10 Å². The minimum atomic E-state index is 0.203. The summed E-state index contributed by atoms with van der Waals surface area (Å²) in [6.07, 6.45) is 2.27. The predicted molar refractivity (Wildman–Crippen MR) is 119 cm³/mol. The van der Waals surface area contributed by atoms with Crippen molar-refractivity contribution >= 4 is 27.6 Å². The van der Waals surface area contributed by atoms with Gasteiger partial charge < -0.3 is 4.98 Å². The molecular formula is C24H20N6. The maximum absolute atomic E-state index is 8.41. The number of hydrogen-bond acceptors (Lipinski definition) is 4. The second kappa shape index (κ2) is 7.08. The first-order valence-corrected chi connectivity index (χ1v) is 9.73. The minimum Gasteiger partial charge on any atom is -0.354 e. The lowest BCUT2D eigenvalue weighted by Gasteiger charge is -2.09. The Kier molecular flexibility index (Phi) is 4.25. The summed E-state index contributed by atoms with van der Waals surface area (Å²) in [5.74, 6) is 0.266. The van der Waals surface area contributed by atoms with Crippen LogP contribution in [0.5, 0.6) is 0 Å². The van der Waals surface area contributed by atoms with E-state index in [1.54, 1.807) is 12.1 Å². The first kappa shape index (κ1) is 18.0. The van der Waals surface area contributed by atoms with E-state index in [0.717, 1.165) is 38.9 Å². The number of aromatic nitrogens is 4. The van der Waals surface area contributed by atoms with E-state index in [-0.39, 0.29) is 11.3 Å². The Morgan fingerprint density at radius 2 is 1.87 bits per heavy atom. The van der Waals surface area contributed by atoms with Crippen LogP contribution in [0.2, 0.25) is 0 Å². The molecule has 3 aromatic heterocycles. The summed E-state index contributed by atoms with van der Waals surface area (Å²) < 4.78 is 1.37. The number of hydrogen-bond donors (Lipinski definition) is 3. The van der Waals surface area contributed by atoms with Crippen LogP contribution < -0.4 is 5.49 Å². The SMILES string of the molecule is Cc1ccc(=N)n(C(=N)Cc2ccc3ncc(-c4cc5ccccc5[nH]4)cc3c2)n1. The fraction of sp³-hybridized carbons (Fsp3) is 0.0833. The Hall–Kier alpha value is -4.06. The van der Waals surface area contributed by atoms with Crippen LogP contribution in [-0.2, 0) is 6.42 Å². The van der Waals surface area contributed by atoms with Crippen LogP contribution in [0.15, 0.2) is 72.9 Å². The quantitative estimate of drug-likeness (QED) is 0.313. The molecule has 0 radical (unpaired) electrons. The van der Waals surface area contributed by atoms with Gasteiger partial charge in [0.05, 0.1) is 11.2 Å². The van der Waals surface area contributed by atoms with Crippen molar-refractivity contribution in [2.24, 2.45) is 0 Å². The third kappa shape index (κ3) is 3.28. The molecule has 6 heteroatoms. The Morgan fingerprint density at radius 3 is 2.73 bits per heavy atom. The van der Waals surface area contributed by atoms with Crippen molar-refractivity contribution in [1.29, 1.82) is 10.8 Å². The molecule has 5 rings (SSSR count). The molecule has 3 heterocycles. The second-order valence-electron chi connectivity index (χ2n) is 7.42. The molecule has 0 saturated carbocycles. The molecule has 3 N–H and O–H groups in total. The van der Waals surface area contributed by atoms with Crippen molar-refractivity contribution in [3.63, 3.8) is 0 Å². The van der Waals surface area contributed by atoms with Gasteiger partial charge in [0.1, 0.15) is 11.3 Å². The molecule has 0 amide bonds. The Morgan fingerprint density at radius 1 is 1.00 bits per heavy atom. The number of pyridine rings is 1. The smallest absolute Gasteiger partial charge is 0.148 e. The van der Waals surface area contributed by atoms with Crippen molar-refractivity contribution in [2.45, 2.75) is 13.3 Å². The zero-order valence-corrected chi connectivity index (χ0v) is 16.5. The van der Waals surface area contributed by atoms with Gasteiger partial charge in [-0.3, -0.25) is 15.8 Å². The van der Waals surface area contributed by atoms with Gasteiger partial charge >= 0.3 is 0 Å². The van der Waals surface area contributed by atoms with Gasteiger partial charge in [0.15, 0.2) is 0 Å². The lowest BCUT2D eigenvalue weighted by Crippen LogP contribution is -2.30. The van der Waals surface area contributed by atoms with Crippen molar-refractivity contribution in [2.75, 3.05) is 0 Å². The van der Waals surface area contributed by atoms with Crippen molar-refractivity contribution < 1.29 is 0 Å². The summed E-state index contributed by atoms with van der Waals surface area (Å²) in [5.41, 5.74) is 6.03. The minimum absolute atomic E-state index is 0.203. The molecule has 0 aliphatic heterocycles. The summed E-state index contributed by atoms with van der Waals surface area (Å²) in [4.78, 5) is 8.06. The van der Waals surface area contributed by atoms with Crippen molar-refractivity contribution in [3.05, 3.63) is 89.7 Å². The molecule has 30 heavy (non-hydrogen) atoms. The Balaban J connectivity index is 1.49. The first-order chi connectivity index (χ1) is 14.6. The number of para-hydroxylation sites is 1. The average Bonchev–Trinajstić information content (AvgIpc) is 3.19. The van der Waals surface area contributed by atoms with Gasteiger partial charge in [-0.1, -0.05) is 24.3 Å². The topological polar surface area (TPSA) is 94.2 Å². The van der Waals surface area contributed by atoms with E-state index in [4.69, 9.17) is 10.8 Å². The van der Waals surface area contributed by atoms with Crippen LogP contribution in [0.3, 0.4) is 0 Å². The number of benzene rings is 2. The van der Waals surface area contributed by atoms with E-state index >= 15 is 0 Å². The standard InChI is InChI=1S/C24H20N6/c1-15-6-9-23(25)30(29-15)24(26)11-16-7-8-20-18(10-16)12-19(14-27-20)22-13-17-4-2-3-5-21(17)28-22/h2-10,12-14,25-26,28H,11H2,1H3. The number of nitrogens with zero attached hydrogens (tertiary/aromatic N) is 3. The zero-order valence-electron chi connectivity index (χ0n) is 16.5. The second-order valence-corrected chi connectivity index (χ2v) is 7.42. The van der Waals surface area contributed by atoms with Crippen LogP contribution >= 0.6 is 0 Å². The first-order valence-electron chi connectivity index (χ1n) is 9.73.